The van der Waals surface area contributed by atoms with Gasteiger partial charge in [-0.15, -0.1) is 0 Å². The summed E-state index contributed by atoms with van der Waals surface area (Å²) in [6.45, 7) is 3.66. The van der Waals surface area contributed by atoms with Crippen LogP contribution in [0.4, 0.5) is 0 Å². The third kappa shape index (κ3) is 48.9. The summed E-state index contributed by atoms with van der Waals surface area (Å²) < 4.78 is 11.3. The average molecular weight is 1140 g/mol. The van der Waals surface area contributed by atoms with Crippen molar-refractivity contribution < 1.29 is 39.8 Å². The Morgan fingerprint density at radius 2 is 0.768 bits per heavy atom. The molecular formula is C73H125NO8. The fraction of sp³-hybridized carbons (Fsp3) is 0.712. The highest BCUT2D eigenvalue weighted by Gasteiger charge is 2.44. The van der Waals surface area contributed by atoms with E-state index in [9.17, 15) is 30.3 Å². The zero-order valence-corrected chi connectivity index (χ0v) is 52.5. The van der Waals surface area contributed by atoms with Gasteiger partial charge in [0, 0.05) is 6.42 Å². The quantitative estimate of drug-likeness (QED) is 0.0261. The highest BCUT2D eigenvalue weighted by Crippen LogP contribution is 2.23. The number of rotatable bonds is 57. The van der Waals surface area contributed by atoms with Crippen LogP contribution in [-0.2, 0) is 14.3 Å². The Bertz CT molecular complexity index is 1710. The normalized spacial score (nSPS) is 19.1. The van der Waals surface area contributed by atoms with Crippen LogP contribution in [0.2, 0.25) is 0 Å². The van der Waals surface area contributed by atoms with Crippen molar-refractivity contribution in [1.29, 1.82) is 0 Å². The van der Waals surface area contributed by atoms with Gasteiger partial charge >= 0.3 is 0 Å². The molecule has 1 heterocycles. The number of carbonyl (C=O) groups is 1. The molecule has 7 atom stereocenters. The number of aliphatic hydroxyl groups is 5. The van der Waals surface area contributed by atoms with Gasteiger partial charge < -0.3 is 40.3 Å². The standard InChI is InChI=1S/C73H125NO8/c1-3-5-7-9-11-13-15-17-19-21-23-25-27-29-30-31-32-33-34-35-36-37-38-39-41-43-45-47-49-51-53-55-57-59-61-63-69(77)74-66(65-81-73-72(80)71(79)70(78)68(64-75)82-73)67(76)62-60-58-56-54-52-50-48-46-44-42-40-28-26-24-22-20-18-16-14-12-10-8-6-4-2/h5,7,11,13,17,19,23,25,29-30,32-33,35-36,44,46,52,54,60,62,66-68,70-73,75-76,78-80H,3-4,6,8-10,12,14-16,18,20-22,24,26-28,31,34,37-43,45,47-51,53,55-59,61,63-65H2,1-2H3,(H,74,77)/b7-5-,13-11-,19-17-,25-23-,30-29-,33-32-,36-35-,46-44+,54-52+,62-60+. The molecule has 0 radical (unpaired) electrons. The molecule has 0 aromatic rings. The first-order valence-electron chi connectivity index (χ1n) is 33.8. The van der Waals surface area contributed by atoms with Gasteiger partial charge in [0.05, 0.1) is 25.4 Å². The molecule has 0 bridgehead atoms. The van der Waals surface area contributed by atoms with Crippen molar-refractivity contribution in [2.24, 2.45) is 0 Å². The first kappa shape index (κ1) is 76.6. The van der Waals surface area contributed by atoms with E-state index in [0.29, 0.717) is 6.42 Å². The molecule has 82 heavy (non-hydrogen) atoms. The zero-order valence-electron chi connectivity index (χ0n) is 52.5. The number of amides is 1. The lowest BCUT2D eigenvalue weighted by molar-refractivity contribution is -0.302. The van der Waals surface area contributed by atoms with Gasteiger partial charge in [0.25, 0.3) is 0 Å². The predicted molar refractivity (Wildman–Crippen MR) is 350 cm³/mol. The smallest absolute Gasteiger partial charge is 0.220 e. The average Bonchev–Trinajstić information content (AvgIpc) is 3.52. The predicted octanol–water partition coefficient (Wildman–Crippen LogP) is 18.2. The van der Waals surface area contributed by atoms with Crippen molar-refractivity contribution in [2.75, 3.05) is 13.2 Å². The summed E-state index contributed by atoms with van der Waals surface area (Å²) >= 11 is 0. The minimum absolute atomic E-state index is 0.195. The van der Waals surface area contributed by atoms with Gasteiger partial charge in [-0.3, -0.25) is 4.79 Å². The molecule has 0 saturated carbocycles. The van der Waals surface area contributed by atoms with E-state index in [1.165, 1.54) is 167 Å². The van der Waals surface area contributed by atoms with Crippen LogP contribution >= 0.6 is 0 Å². The molecule has 1 amide bonds. The van der Waals surface area contributed by atoms with Crippen molar-refractivity contribution in [3.63, 3.8) is 0 Å². The Morgan fingerprint density at radius 3 is 1.17 bits per heavy atom. The molecule has 470 valence electrons. The van der Waals surface area contributed by atoms with E-state index in [1.54, 1.807) is 6.08 Å². The molecule has 1 aliphatic heterocycles. The van der Waals surface area contributed by atoms with Crippen LogP contribution in [0.15, 0.2) is 122 Å². The Morgan fingerprint density at radius 1 is 0.427 bits per heavy atom. The zero-order chi connectivity index (χ0) is 59.3. The third-order valence-electron chi connectivity index (χ3n) is 15.2. The second kappa shape index (κ2) is 60.7. The molecule has 9 heteroatoms. The molecule has 1 rings (SSSR count). The number of hydrogen-bond donors (Lipinski definition) is 6. The maximum atomic E-state index is 13.1. The van der Waals surface area contributed by atoms with E-state index in [4.69, 9.17) is 9.47 Å². The molecule has 0 aliphatic carbocycles. The summed E-state index contributed by atoms with van der Waals surface area (Å²) in [5.74, 6) is -0.195. The van der Waals surface area contributed by atoms with Crippen LogP contribution < -0.4 is 5.32 Å². The molecule has 1 aliphatic rings. The fourth-order valence-corrected chi connectivity index (χ4v) is 9.99. The SMILES string of the molecule is CC/C=C\C/C=C\C/C=C\C/C=C\C/C=C\C/C=C\C/C=C\CCCCCCCCCCCCCCCC(=O)NC(COC1OC(CO)C(O)C(O)C1O)C(O)/C=C/CC/C=C/CC/C=C/CCCCCCCCCCCCCCCC. The van der Waals surface area contributed by atoms with E-state index in [1.807, 2.05) is 6.08 Å². The largest absolute Gasteiger partial charge is 0.394 e. The van der Waals surface area contributed by atoms with Gasteiger partial charge in [0.15, 0.2) is 6.29 Å². The Hall–Kier alpha value is -3.41. The molecule has 6 N–H and O–H groups in total. The fourth-order valence-electron chi connectivity index (χ4n) is 9.99. The summed E-state index contributed by atoms with van der Waals surface area (Å²) in [6, 6.07) is -0.838. The van der Waals surface area contributed by atoms with E-state index < -0.39 is 49.5 Å². The molecule has 7 unspecified atom stereocenters. The highest BCUT2D eigenvalue weighted by atomic mass is 16.7. The minimum Gasteiger partial charge on any atom is -0.394 e. The van der Waals surface area contributed by atoms with Crippen LogP contribution in [0.1, 0.15) is 277 Å². The van der Waals surface area contributed by atoms with E-state index in [2.05, 4.69) is 129 Å². The van der Waals surface area contributed by atoms with E-state index >= 15 is 0 Å². The number of unbranched alkanes of at least 4 members (excludes halogenated alkanes) is 29. The van der Waals surface area contributed by atoms with Crippen LogP contribution in [-0.4, -0.2) is 87.5 Å². The number of nitrogens with one attached hydrogen (secondary N) is 1. The van der Waals surface area contributed by atoms with Crippen molar-refractivity contribution in [2.45, 2.75) is 320 Å². The Kier molecular flexibility index (Phi) is 56.7. The highest BCUT2D eigenvalue weighted by molar-refractivity contribution is 5.76. The van der Waals surface area contributed by atoms with Gasteiger partial charge in [-0.05, 0) is 103 Å². The van der Waals surface area contributed by atoms with Gasteiger partial charge in [-0.2, -0.15) is 0 Å². The molecule has 0 aromatic carbocycles. The molecule has 0 spiro atoms. The molecular weight excluding hydrogens is 1020 g/mol. The lowest BCUT2D eigenvalue weighted by Crippen LogP contribution is -2.60. The number of ether oxygens (including phenoxy) is 2. The monoisotopic (exact) mass is 1140 g/mol. The molecule has 0 aromatic heterocycles. The number of allylic oxidation sites excluding steroid dienone is 19. The second-order valence-corrected chi connectivity index (χ2v) is 22.9. The van der Waals surface area contributed by atoms with Crippen LogP contribution in [0, 0.1) is 0 Å². The number of hydrogen-bond acceptors (Lipinski definition) is 8. The van der Waals surface area contributed by atoms with Gasteiger partial charge in [0.2, 0.25) is 5.91 Å². The van der Waals surface area contributed by atoms with Crippen molar-refractivity contribution in [3.05, 3.63) is 122 Å². The summed E-state index contributed by atoms with van der Waals surface area (Å²) in [5.41, 5.74) is 0. The van der Waals surface area contributed by atoms with Crippen LogP contribution in [0.25, 0.3) is 0 Å². The van der Waals surface area contributed by atoms with Gasteiger partial charge in [-0.25, -0.2) is 0 Å². The number of aliphatic hydroxyl groups excluding tert-OH is 5. The minimum atomic E-state index is -1.58. The molecule has 9 nitrogen and oxygen atoms in total. The number of carbonyl (C=O) groups excluding carboxylic acids is 1. The second-order valence-electron chi connectivity index (χ2n) is 22.9. The maximum absolute atomic E-state index is 13.1. The summed E-state index contributed by atoms with van der Waals surface area (Å²) in [7, 11) is 0. The molecule has 1 saturated heterocycles. The van der Waals surface area contributed by atoms with Gasteiger partial charge in [-0.1, -0.05) is 289 Å². The summed E-state index contributed by atoms with van der Waals surface area (Å²) in [5, 5.41) is 54.7. The third-order valence-corrected chi connectivity index (χ3v) is 15.2. The lowest BCUT2D eigenvalue weighted by Gasteiger charge is -2.40. The topological polar surface area (TPSA) is 149 Å². The first-order valence-corrected chi connectivity index (χ1v) is 33.8. The van der Waals surface area contributed by atoms with Crippen LogP contribution in [0.5, 0.6) is 0 Å². The Labute approximate surface area is 503 Å². The summed E-state index contributed by atoms with van der Waals surface area (Å²) in [4.78, 5) is 13.1. The van der Waals surface area contributed by atoms with E-state index in [-0.39, 0.29) is 12.5 Å². The first-order chi connectivity index (χ1) is 40.3. The van der Waals surface area contributed by atoms with Crippen LogP contribution in [0.3, 0.4) is 0 Å². The lowest BCUT2D eigenvalue weighted by atomic mass is 9.99. The van der Waals surface area contributed by atoms with Crippen molar-refractivity contribution >= 4 is 5.91 Å². The maximum Gasteiger partial charge on any atom is 0.220 e. The van der Waals surface area contributed by atoms with Gasteiger partial charge in [0.1, 0.15) is 24.4 Å². The van der Waals surface area contributed by atoms with Crippen molar-refractivity contribution in [3.8, 4) is 0 Å². The van der Waals surface area contributed by atoms with Crippen molar-refractivity contribution in [1.82, 2.24) is 5.32 Å². The van der Waals surface area contributed by atoms with E-state index in [0.717, 1.165) is 89.9 Å². The Balaban J connectivity index is 2.18. The summed E-state index contributed by atoms with van der Waals surface area (Å²) in [6.07, 6.45) is 84.3. The molecule has 1 fully saturated rings.